The van der Waals surface area contributed by atoms with Gasteiger partial charge in [-0.05, 0) is 14.0 Å². The van der Waals surface area contributed by atoms with Gasteiger partial charge in [-0.15, -0.1) is 11.3 Å². The number of carbonyl (C=O) groups excluding carboxylic acids is 1. The molecule has 4 heteroatoms. The summed E-state index contributed by atoms with van der Waals surface area (Å²) in [6, 6.07) is -0.0906. The summed E-state index contributed by atoms with van der Waals surface area (Å²) in [6.07, 6.45) is 0.690. The topological polar surface area (TPSA) is 42.0 Å². The van der Waals surface area contributed by atoms with Crippen molar-refractivity contribution in [2.45, 2.75) is 19.4 Å². The molecule has 1 aromatic rings. The van der Waals surface area contributed by atoms with E-state index in [9.17, 15) is 4.79 Å². The first-order valence-corrected chi connectivity index (χ1v) is 4.73. The van der Waals surface area contributed by atoms with Gasteiger partial charge in [0.25, 0.3) is 0 Å². The fourth-order valence-electron chi connectivity index (χ4n) is 0.997. The van der Waals surface area contributed by atoms with E-state index in [1.807, 2.05) is 5.38 Å². The van der Waals surface area contributed by atoms with Crippen LogP contribution in [0.2, 0.25) is 0 Å². The number of nitrogens with one attached hydrogen (secondary N) is 1. The third-order valence-electron chi connectivity index (χ3n) is 1.74. The molecular weight excluding hydrogens is 172 g/mol. The van der Waals surface area contributed by atoms with Gasteiger partial charge in [-0.25, -0.2) is 4.98 Å². The maximum atomic E-state index is 11.0. The summed E-state index contributed by atoms with van der Waals surface area (Å²) < 4.78 is 0. The molecule has 0 aliphatic carbocycles. The molecule has 1 N–H and O–H groups in total. The van der Waals surface area contributed by atoms with Gasteiger partial charge < -0.3 is 5.32 Å². The molecule has 0 aromatic carbocycles. The van der Waals surface area contributed by atoms with E-state index >= 15 is 0 Å². The normalized spacial score (nSPS) is 12.8. The Morgan fingerprint density at radius 1 is 1.83 bits per heavy atom. The number of carbonyl (C=O) groups is 1. The zero-order valence-electron chi connectivity index (χ0n) is 7.20. The lowest BCUT2D eigenvalue weighted by Gasteiger charge is -2.09. The Labute approximate surface area is 75.8 Å². The smallest absolute Gasteiger partial charge is 0.147 e. The lowest BCUT2D eigenvalue weighted by Crippen LogP contribution is -2.34. The van der Waals surface area contributed by atoms with E-state index < -0.39 is 0 Å². The van der Waals surface area contributed by atoms with Gasteiger partial charge in [-0.2, -0.15) is 0 Å². The van der Waals surface area contributed by atoms with Crippen molar-refractivity contribution in [1.82, 2.24) is 10.3 Å². The highest BCUT2D eigenvalue weighted by Crippen LogP contribution is 2.04. The quantitative estimate of drug-likeness (QED) is 0.754. The molecule has 1 atom stereocenters. The number of Topliss-reactive ketones (excluding diaryl/α,β-unsaturated/α-hetero) is 1. The van der Waals surface area contributed by atoms with Crippen LogP contribution in [0.4, 0.5) is 0 Å². The standard InChI is InChI=1S/C8H12N2OS/c1-6(11)8(9-2)3-7-4-12-5-10-7/h4-5,8-9H,3H2,1-2H3. The summed E-state index contributed by atoms with van der Waals surface area (Å²) in [5, 5.41) is 4.92. The number of hydrogen-bond acceptors (Lipinski definition) is 4. The molecule has 66 valence electrons. The Morgan fingerprint density at radius 2 is 2.58 bits per heavy atom. The molecule has 0 spiro atoms. The molecule has 0 radical (unpaired) electrons. The van der Waals surface area contributed by atoms with Crippen LogP contribution in [-0.2, 0) is 11.2 Å². The summed E-state index contributed by atoms with van der Waals surface area (Å²) in [5.41, 5.74) is 2.76. The predicted octanol–water partition coefficient (Wildman–Crippen LogP) is 0.863. The molecule has 1 rings (SSSR count). The van der Waals surface area contributed by atoms with E-state index in [-0.39, 0.29) is 11.8 Å². The van der Waals surface area contributed by atoms with E-state index in [0.717, 1.165) is 5.69 Å². The van der Waals surface area contributed by atoms with Crippen LogP contribution >= 0.6 is 11.3 Å². The molecule has 0 fully saturated rings. The Morgan fingerprint density at radius 3 is 3.00 bits per heavy atom. The predicted molar refractivity (Wildman–Crippen MR) is 49.3 cm³/mol. The van der Waals surface area contributed by atoms with Gasteiger partial charge in [0, 0.05) is 11.8 Å². The second-order valence-corrected chi connectivity index (χ2v) is 3.35. The van der Waals surface area contributed by atoms with Crippen molar-refractivity contribution in [2.24, 2.45) is 0 Å². The van der Waals surface area contributed by atoms with Crippen molar-refractivity contribution in [3.8, 4) is 0 Å². The van der Waals surface area contributed by atoms with Crippen molar-refractivity contribution >= 4 is 17.1 Å². The van der Waals surface area contributed by atoms with Gasteiger partial charge in [-0.1, -0.05) is 0 Å². The van der Waals surface area contributed by atoms with E-state index in [4.69, 9.17) is 0 Å². The third-order valence-corrected chi connectivity index (χ3v) is 2.37. The Hall–Kier alpha value is -0.740. The SMILES string of the molecule is CNC(Cc1cscn1)C(C)=O. The van der Waals surface area contributed by atoms with E-state index in [0.29, 0.717) is 6.42 Å². The van der Waals surface area contributed by atoms with Gasteiger partial charge in [-0.3, -0.25) is 4.79 Å². The fraction of sp³-hybridized carbons (Fsp3) is 0.500. The molecule has 0 saturated heterocycles. The monoisotopic (exact) mass is 184 g/mol. The summed E-state index contributed by atoms with van der Waals surface area (Å²) >= 11 is 1.55. The van der Waals surface area contributed by atoms with Crippen LogP contribution in [0.3, 0.4) is 0 Å². The highest BCUT2D eigenvalue weighted by atomic mass is 32.1. The van der Waals surface area contributed by atoms with Gasteiger partial charge >= 0.3 is 0 Å². The van der Waals surface area contributed by atoms with Crippen LogP contribution in [0.5, 0.6) is 0 Å². The lowest BCUT2D eigenvalue weighted by molar-refractivity contribution is -0.118. The van der Waals surface area contributed by atoms with Crippen LogP contribution in [-0.4, -0.2) is 23.9 Å². The molecular formula is C8H12N2OS. The second kappa shape index (κ2) is 4.33. The average Bonchev–Trinajstić information content (AvgIpc) is 2.51. The van der Waals surface area contributed by atoms with Gasteiger partial charge in [0.15, 0.2) is 0 Å². The fourth-order valence-corrected chi connectivity index (χ4v) is 1.57. The maximum absolute atomic E-state index is 11.0. The first-order valence-electron chi connectivity index (χ1n) is 3.79. The molecule has 0 amide bonds. The molecule has 0 bridgehead atoms. The lowest BCUT2D eigenvalue weighted by atomic mass is 10.1. The van der Waals surface area contributed by atoms with Crippen molar-refractivity contribution in [3.05, 3.63) is 16.6 Å². The second-order valence-electron chi connectivity index (χ2n) is 2.64. The Kier molecular flexibility index (Phi) is 3.37. The van der Waals surface area contributed by atoms with Crippen molar-refractivity contribution in [1.29, 1.82) is 0 Å². The van der Waals surface area contributed by atoms with Crippen LogP contribution in [0.15, 0.2) is 10.9 Å². The first-order chi connectivity index (χ1) is 5.74. The molecule has 1 unspecified atom stereocenters. The minimum absolute atomic E-state index is 0.0906. The van der Waals surface area contributed by atoms with E-state index in [1.54, 1.807) is 30.8 Å². The molecule has 3 nitrogen and oxygen atoms in total. The minimum Gasteiger partial charge on any atom is -0.310 e. The van der Waals surface area contributed by atoms with Gasteiger partial charge in [0.1, 0.15) is 5.78 Å². The highest BCUT2D eigenvalue weighted by Gasteiger charge is 2.12. The van der Waals surface area contributed by atoms with Crippen molar-refractivity contribution < 1.29 is 4.79 Å². The molecule has 0 aliphatic heterocycles. The summed E-state index contributed by atoms with van der Waals surface area (Å²) in [4.78, 5) is 15.1. The molecule has 12 heavy (non-hydrogen) atoms. The van der Waals surface area contributed by atoms with Crippen LogP contribution in [0.25, 0.3) is 0 Å². The Bertz CT molecular complexity index is 246. The van der Waals surface area contributed by atoms with Crippen LogP contribution < -0.4 is 5.32 Å². The average molecular weight is 184 g/mol. The minimum atomic E-state index is -0.0906. The molecule has 1 heterocycles. The zero-order chi connectivity index (χ0) is 8.97. The third kappa shape index (κ3) is 2.39. The number of rotatable bonds is 4. The van der Waals surface area contributed by atoms with Crippen molar-refractivity contribution in [2.75, 3.05) is 7.05 Å². The number of aromatic nitrogens is 1. The Balaban J connectivity index is 2.54. The molecule has 0 aliphatic rings. The highest BCUT2D eigenvalue weighted by molar-refractivity contribution is 7.07. The maximum Gasteiger partial charge on any atom is 0.147 e. The number of likely N-dealkylation sites (N-methyl/N-ethyl adjacent to an activating group) is 1. The number of ketones is 1. The summed E-state index contributed by atoms with van der Waals surface area (Å²) in [6.45, 7) is 1.59. The number of nitrogens with zero attached hydrogens (tertiary/aromatic N) is 1. The molecule has 0 saturated carbocycles. The zero-order valence-corrected chi connectivity index (χ0v) is 8.02. The molecule has 1 aromatic heterocycles. The largest absolute Gasteiger partial charge is 0.310 e. The summed E-state index contributed by atoms with van der Waals surface area (Å²) in [7, 11) is 1.79. The first kappa shape index (κ1) is 9.35. The van der Waals surface area contributed by atoms with E-state index in [1.165, 1.54) is 0 Å². The summed E-state index contributed by atoms with van der Waals surface area (Å²) in [5.74, 6) is 0.158. The van der Waals surface area contributed by atoms with Gasteiger partial charge in [0.2, 0.25) is 0 Å². The van der Waals surface area contributed by atoms with Crippen molar-refractivity contribution in [3.63, 3.8) is 0 Å². The number of thiazole rings is 1. The van der Waals surface area contributed by atoms with E-state index in [2.05, 4.69) is 10.3 Å². The van der Waals surface area contributed by atoms with Crippen LogP contribution in [0, 0.1) is 0 Å². The van der Waals surface area contributed by atoms with Crippen LogP contribution in [0.1, 0.15) is 12.6 Å². The number of hydrogen-bond donors (Lipinski definition) is 1. The van der Waals surface area contributed by atoms with Gasteiger partial charge in [0.05, 0.1) is 17.2 Å².